The molecule has 2 rings (SSSR count). The number of hydrogen-bond donors (Lipinski definition) is 3. The Morgan fingerprint density at radius 3 is 3.36 bits per heavy atom. The first-order chi connectivity index (χ1) is 6.90. The Bertz CT molecular complexity index is 350. The first-order valence-electron chi connectivity index (χ1n) is 4.50. The van der Waals surface area contributed by atoms with Crippen LogP contribution in [0.2, 0.25) is 0 Å². The smallest absolute Gasteiger partial charge is 0.197 e. The van der Waals surface area contributed by atoms with Gasteiger partial charge in [0.1, 0.15) is 5.82 Å². The molecule has 5 nitrogen and oxygen atoms in total. The standard InChI is InChI=1S/C9H12N4O/c14-5-4-11-9-12-6-7-2-1-3-10-8(7)13-9/h1-3,14H,4-6H2,(H2,10,11,12,13). The van der Waals surface area contributed by atoms with Crippen LogP contribution in [0.1, 0.15) is 5.56 Å². The van der Waals surface area contributed by atoms with Crippen molar-refractivity contribution in [1.82, 2.24) is 10.3 Å². The van der Waals surface area contributed by atoms with Crippen LogP contribution < -0.4 is 10.6 Å². The number of aliphatic hydroxyl groups is 1. The van der Waals surface area contributed by atoms with Crippen LogP contribution in [0.15, 0.2) is 23.3 Å². The first kappa shape index (κ1) is 8.96. The van der Waals surface area contributed by atoms with E-state index in [-0.39, 0.29) is 6.61 Å². The Morgan fingerprint density at radius 2 is 2.50 bits per heavy atom. The fraction of sp³-hybridized carbons (Fsp3) is 0.333. The second kappa shape index (κ2) is 4.06. The molecule has 0 saturated heterocycles. The van der Waals surface area contributed by atoms with Crippen LogP contribution in [0.4, 0.5) is 5.82 Å². The fourth-order valence-corrected chi connectivity index (χ4v) is 1.27. The van der Waals surface area contributed by atoms with E-state index in [0.29, 0.717) is 19.0 Å². The third-order valence-electron chi connectivity index (χ3n) is 1.94. The van der Waals surface area contributed by atoms with Crippen LogP contribution in [0.3, 0.4) is 0 Å². The molecule has 0 saturated carbocycles. The highest BCUT2D eigenvalue weighted by Gasteiger charge is 2.10. The topological polar surface area (TPSA) is 69.5 Å². The van der Waals surface area contributed by atoms with Gasteiger partial charge >= 0.3 is 0 Å². The van der Waals surface area contributed by atoms with E-state index in [0.717, 1.165) is 11.4 Å². The zero-order valence-corrected chi connectivity index (χ0v) is 7.70. The van der Waals surface area contributed by atoms with Gasteiger partial charge in [-0.15, -0.1) is 0 Å². The van der Waals surface area contributed by atoms with Crippen molar-refractivity contribution < 1.29 is 5.11 Å². The number of pyridine rings is 1. The molecule has 0 fully saturated rings. The number of nitrogens with zero attached hydrogens (tertiary/aromatic N) is 2. The van der Waals surface area contributed by atoms with E-state index in [1.54, 1.807) is 6.20 Å². The molecule has 1 aliphatic heterocycles. The maximum absolute atomic E-state index is 8.63. The summed E-state index contributed by atoms with van der Waals surface area (Å²) in [5.74, 6) is 1.51. The lowest BCUT2D eigenvalue weighted by molar-refractivity contribution is 0.300. The number of guanidine groups is 1. The van der Waals surface area contributed by atoms with Gasteiger partial charge in [-0.05, 0) is 6.07 Å². The van der Waals surface area contributed by atoms with Gasteiger partial charge in [0.25, 0.3) is 0 Å². The summed E-state index contributed by atoms with van der Waals surface area (Å²) in [5, 5.41) is 14.6. The normalized spacial score (nSPS) is 13.9. The lowest BCUT2D eigenvalue weighted by atomic mass is 10.2. The van der Waals surface area contributed by atoms with Crippen molar-refractivity contribution in [3.05, 3.63) is 23.9 Å². The lowest BCUT2D eigenvalue weighted by Gasteiger charge is -2.17. The molecule has 2 heterocycles. The number of aromatic nitrogens is 1. The third-order valence-corrected chi connectivity index (χ3v) is 1.94. The van der Waals surface area contributed by atoms with Gasteiger partial charge in [0.05, 0.1) is 13.2 Å². The van der Waals surface area contributed by atoms with Gasteiger partial charge in [-0.3, -0.25) is 0 Å². The summed E-state index contributed by atoms with van der Waals surface area (Å²) < 4.78 is 0. The Kier molecular flexibility index (Phi) is 2.60. The quantitative estimate of drug-likeness (QED) is 0.614. The van der Waals surface area contributed by atoms with Crippen LogP contribution >= 0.6 is 0 Å². The van der Waals surface area contributed by atoms with Crippen molar-refractivity contribution in [3.8, 4) is 0 Å². The van der Waals surface area contributed by atoms with Crippen LogP contribution in [0.25, 0.3) is 0 Å². The third kappa shape index (κ3) is 1.82. The summed E-state index contributed by atoms with van der Waals surface area (Å²) in [7, 11) is 0. The maximum atomic E-state index is 8.63. The molecule has 0 aromatic carbocycles. The van der Waals surface area contributed by atoms with Crippen molar-refractivity contribution in [2.75, 3.05) is 18.5 Å². The van der Waals surface area contributed by atoms with E-state index < -0.39 is 0 Å². The Balaban J connectivity index is 2.05. The number of fused-ring (bicyclic) bond motifs is 1. The molecular formula is C9H12N4O. The van der Waals surface area contributed by atoms with E-state index in [2.05, 4.69) is 20.6 Å². The molecule has 0 amide bonds. The molecule has 1 aromatic rings. The SMILES string of the molecule is OCCNC1=NCc2cccnc2N1. The molecule has 0 atom stereocenters. The van der Waals surface area contributed by atoms with Gasteiger partial charge in [0.2, 0.25) is 0 Å². The van der Waals surface area contributed by atoms with E-state index in [9.17, 15) is 0 Å². The molecule has 0 radical (unpaired) electrons. The molecule has 1 aromatic heterocycles. The Hall–Kier alpha value is -1.62. The predicted octanol–water partition coefficient (Wildman–Crippen LogP) is -0.0550. The molecule has 14 heavy (non-hydrogen) atoms. The van der Waals surface area contributed by atoms with Crippen molar-refractivity contribution in [2.24, 2.45) is 4.99 Å². The van der Waals surface area contributed by atoms with E-state index in [4.69, 9.17) is 5.11 Å². The average molecular weight is 192 g/mol. The molecule has 0 unspecified atom stereocenters. The number of hydrogen-bond acceptors (Lipinski definition) is 5. The fourth-order valence-electron chi connectivity index (χ4n) is 1.27. The summed E-state index contributed by atoms with van der Waals surface area (Å²) >= 11 is 0. The predicted molar refractivity (Wildman–Crippen MR) is 54.1 cm³/mol. The average Bonchev–Trinajstić information content (AvgIpc) is 2.26. The van der Waals surface area contributed by atoms with Crippen LogP contribution in [0, 0.1) is 0 Å². The minimum Gasteiger partial charge on any atom is -0.395 e. The molecular weight excluding hydrogens is 180 g/mol. The summed E-state index contributed by atoms with van der Waals surface area (Å²) in [6.07, 6.45) is 1.74. The largest absolute Gasteiger partial charge is 0.395 e. The van der Waals surface area contributed by atoms with Crippen LogP contribution in [0.5, 0.6) is 0 Å². The monoisotopic (exact) mass is 192 g/mol. The molecule has 0 spiro atoms. The minimum atomic E-state index is 0.0930. The summed E-state index contributed by atoms with van der Waals surface area (Å²) in [5.41, 5.74) is 1.09. The molecule has 0 bridgehead atoms. The van der Waals surface area contributed by atoms with Crippen molar-refractivity contribution in [3.63, 3.8) is 0 Å². The van der Waals surface area contributed by atoms with Gasteiger partial charge in [-0.25, -0.2) is 9.98 Å². The highest BCUT2D eigenvalue weighted by Crippen LogP contribution is 2.15. The van der Waals surface area contributed by atoms with Crippen molar-refractivity contribution >= 4 is 11.8 Å². The zero-order valence-electron chi connectivity index (χ0n) is 7.70. The van der Waals surface area contributed by atoms with E-state index >= 15 is 0 Å². The van der Waals surface area contributed by atoms with E-state index in [1.807, 2.05) is 12.1 Å². The van der Waals surface area contributed by atoms with Crippen LogP contribution in [-0.2, 0) is 6.54 Å². The zero-order chi connectivity index (χ0) is 9.80. The summed E-state index contributed by atoms with van der Waals surface area (Å²) in [6.45, 7) is 1.22. The van der Waals surface area contributed by atoms with Crippen molar-refractivity contribution in [2.45, 2.75) is 6.54 Å². The Morgan fingerprint density at radius 1 is 1.57 bits per heavy atom. The Labute approximate surface area is 81.9 Å². The summed E-state index contributed by atoms with van der Waals surface area (Å²) in [6, 6.07) is 3.88. The van der Waals surface area contributed by atoms with Gasteiger partial charge in [-0.2, -0.15) is 0 Å². The highest BCUT2D eigenvalue weighted by atomic mass is 16.3. The number of rotatable bonds is 2. The number of aliphatic imine (C=N–C) groups is 1. The van der Waals surface area contributed by atoms with Gasteiger partial charge in [-0.1, -0.05) is 6.07 Å². The van der Waals surface area contributed by atoms with Gasteiger partial charge < -0.3 is 15.7 Å². The second-order valence-electron chi connectivity index (χ2n) is 2.95. The number of aliphatic hydroxyl groups excluding tert-OH is 1. The highest BCUT2D eigenvalue weighted by molar-refractivity contribution is 5.94. The first-order valence-corrected chi connectivity index (χ1v) is 4.50. The van der Waals surface area contributed by atoms with Crippen molar-refractivity contribution in [1.29, 1.82) is 0 Å². The minimum absolute atomic E-state index is 0.0930. The molecule has 74 valence electrons. The van der Waals surface area contributed by atoms with E-state index in [1.165, 1.54) is 0 Å². The maximum Gasteiger partial charge on any atom is 0.197 e. The van der Waals surface area contributed by atoms with Crippen LogP contribution in [-0.4, -0.2) is 29.2 Å². The molecule has 1 aliphatic rings. The van der Waals surface area contributed by atoms with Gasteiger partial charge in [0, 0.05) is 18.3 Å². The van der Waals surface area contributed by atoms with Gasteiger partial charge in [0.15, 0.2) is 5.96 Å². The summed E-state index contributed by atoms with van der Waals surface area (Å²) in [4.78, 5) is 8.43. The second-order valence-corrected chi connectivity index (χ2v) is 2.95. The molecule has 5 heteroatoms. The molecule has 3 N–H and O–H groups in total. The number of anilines is 1. The lowest BCUT2D eigenvalue weighted by Crippen LogP contribution is -2.35. The number of nitrogens with one attached hydrogen (secondary N) is 2. The molecule has 0 aliphatic carbocycles.